The largest absolute Gasteiger partial charge is 0.378 e. The van der Waals surface area contributed by atoms with Crippen molar-refractivity contribution in [2.24, 2.45) is 0 Å². The Balaban J connectivity index is 2.09. The van der Waals surface area contributed by atoms with Crippen LogP contribution >= 0.6 is 15.9 Å². The number of halogens is 1. The van der Waals surface area contributed by atoms with Crippen molar-refractivity contribution in [2.45, 2.75) is 0 Å². The van der Waals surface area contributed by atoms with Crippen LogP contribution in [-0.2, 0) is 4.74 Å². The first-order valence-corrected chi connectivity index (χ1v) is 6.33. The van der Waals surface area contributed by atoms with Gasteiger partial charge in [-0.3, -0.25) is 0 Å². The summed E-state index contributed by atoms with van der Waals surface area (Å²) in [5, 5.41) is 11.8. The molecule has 2 amide bonds. The van der Waals surface area contributed by atoms with Crippen molar-refractivity contribution in [3.63, 3.8) is 0 Å². The van der Waals surface area contributed by atoms with E-state index in [1.165, 1.54) is 0 Å². The topological polar surface area (TPSA) is 65.4 Å². The van der Waals surface area contributed by atoms with E-state index in [1.54, 1.807) is 23.1 Å². The van der Waals surface area contributed by atoms with Crippen molar-refractivity contribution < 1.29 is 9.53 Å². The van der Waals surface area contributed by atoms with Crippen molar-refractivity contribution in [3.8, 4) is 6.07 Å². The van der Waals surface area contributed by atoms with E-state index in [9.17, 15) is 4.79 Å². The molecule has 1 heterocycles. The number of carbonyl (C=O) groups is 1. The van der Waals surface area contributed by atoms with Gasteiger partial charge in [-0.25, -0.2) is 4.79 Å². The summed E-state index contributed by atoms with van der Waals surface area (Å²) in [5.74, 6) is 0. The first-order chi connectivity index (χ1) is 8.70. The van der Waals surface area contributed by atoms with Gasteiger partial charge in [0.2, 0.25) is 0 Å². The minimum atomic E-state index is -0.197. The van der Waals surface area contributed by atoms with Gasteiger partial charge in [-0.05, 0) is 18.2 Å². The highest BCUT2D eigenvalue weighted by Crippen LogP contribution is 2.20. The molecule has 1 aromatic rings. The van der Waals surface area contributed by atoms with Gasteiger partial charge in [0, 0.05) is 17.6 Å². The highest BCUT2D eigenvalue weighted by atomic mass is 79.9. The summed E-state index contributed by atoms with van der Waals surface area (Å²) in [5.41, 5.74) is 0.961. The monoisotopic (exact) mass is 309 g/mol. The molecule has 1 saturated heterocycles. The third kappa shape index (κ3) is 3.00. The Hall–Kier alpha value is -1.58. The van der Waals surface area contributed by atoms with E-state index in [0.29, 0.717) is 37.6 Å². The Bertz CT molecular complexity index is 493. The highest BCUT2D eigenvalue weighted by molar-refractivity contribution is 9.10. The van der Waals surface area contributed by atoms with Crippen LogP contribution in [0.4, 0.5) is 10.5 Å². The number of anilines is 1. The normalized spacial score (nSPS) is 15.0. The molecule has 1 N–H and O–H groups in total. The molecular formula is C12H12BrN3O2. The van der Waals surface area contributed by atoms with Gasteiger partial charge in [-0.1, -0.05) is 15.9 Å². The van der Waals surface area contributed by atoms with Crippen LogP contribution in [0.15, 0.2) is 22.7 Å². The number of amides is 2. The molecule has 1 aliphatic rings. The third-order valence-corrected chi connectivity index (χ3v) is 3.14. The number of nitriles is 1. The van der Waals surface area contributed by atoms with E-state index in [1.807, 2.05) is 0 Å². The molecular weight excluding hydrogens is 298 g/mol. The highest BCUT2D eigenvalue weighted by Gasteiger charge is 2.17. The zero-order valence-electron chi connectivity index (χ0n) is 9.65. The van der Waals surface area contributed by atoms with Crippen molar-refractivity contribution in [1.29, 1.82) is 5.26 Å². The fourth-order valence-electron chi connectivity index (χ4n) is 1.68. The van der Waals surface area contributed by atoms with Crippen molar-refractivity contribution in [2.75, 3.05) is 31.6 Å². The van der Waals surface area contributed by atoms with E-state index in [0.717, 1.165) is 4.47 Å². The van der Waals surface area contributed by atoms with Crippen LogP contribution in [-0.4, -0.2) is 37.2 Å². The van der Waals surface area contributed by atoms with E-state index in [2.05, 4.69) is 27.3 Å². The number of rotatable bonds is 1. The van der Waals surface area contributed by atoms with Gasteiger partial charge in [-0.2, -0.15) is 5.26 Å². The lowest BCUT2D eigenvalue weighted by Gasteiger charge is -2.27. The van der Waals surface area contributed by atoms with Gasteiger partial charge in [0.1, 0.15) is 6.07 Å². The van der Waals surface area contributed by atoms with Gasteiger partial charge in [-0.15, -0.1) is 0 Å². The van der Waals surface area contributed by atoms with Crippen molar-refractivity contribution in [3.05, 3.63) is 28.2 Å². The molecule has 0 spiro atoms. The fourth-order valence-corrected chi connectivity index (χ4v) is 2.04. The molecule has 0 atom stereocenters. The zero-order valence-corrected chi connectivity index (χ0v) is 11.2. The molecule has 0 saturated carbocycles. The van der Waals surface area contributed by atoms with Crippen LogP contribution < -0.4 is 5.32 Å². The predicted molar refractivity (Wildman–Crippen MR) is 70.3 cm³/mol. The summed E-state index contributed by atoms with van der Waals surface area (Å²) in [4.78, 5) is 13.6. The smallest absolute Gasteiger partial charge is 0.322 e. The molecule has 0 bridgehead atoms. The summed E-state index contributed by atoms with van der Waals surface area (Å²) in [6.07, 6.45) is 0. The maximum atomic E-state index is 12.0. The molecule has 1 aromatic carbocycles. The Labute approximate surface area is 113 Å². The zero-order chi connectivity index (χ0) is 13.0. The van der Waals surface area contributed by atoms with Crippen molar-refractivity contribution in [1.82, 2.24) is 4.90 Å². The lowest BCUT2D eigenvalue weighted by atomic mass is 10.2. The van der Waals surface area contributed by atoms with Gasteiger partial charge < -0.3 is 15.0 Å². The number of hydrogen-bond acceptors (Lipinski definition) is 3. The molecule has 5 nitrogen and oxygen atoms in total. The second-order valence-electron chi connectivity index (χ2n) is 3.83. The van der Waals surface area contributed by atoms with Crippen LogP contribution in [0.1, 0.15) is 5.56 Å². The van der Waals surface area contributed by atoms with Gasteiger partial charge in [0.15, 0.2) is 0 Å². The molecule has 0 aliphatic carbocycles. The Morgan fingerprint density at radius 1 is 1.44 bits per heavy atom. The number of nitrogens with one attached hydrogen (secondary N) is 1. The van der Waals surface area contributed by atoms with Crippen molar-refractivity contribution >= 4 is 27.6 Å². The van der Waals surface area contributed by atoms with E-state index in [4.69, 9.17) is 10.00 Å². The fraction of sp³-hybridized carbons (Fsp3) is 0.333. The number of urea groups is 1. The minimum Gasteiger partial charge on any atom is -0.378 e. The maximum absolute atomic E-state index is 12.0. The van der Waals surface area contributed by atoms with Gasteiger partial charge in [0.05, 0.1) is 24.5 Å². The first-order valence-electron chi connectivity index (χ1n) is 5.54. The Kier molecular flexibility index (Phi) is 4.18. The molecule has 2 rings (SSSR count). The van der Waals surface area contributed by atoms with Gasteiger partial charge >= 0.3 is 6.03 Å². The summed E-state index contributed by atoms with van der Waals surface area (Å²) in [6.45, 7) is 2.26. The van der Waals surface area contributed by atoms with Crippen LogP contribution in [0.3, 0.4) is 0 Å². The average molecular weight is 310 g/mol. The summed E-state index contributed by atoms with van der Waals surface area (Å²) in [6, 6.07) is 7.03. The second-order valence-corrected chi connectivity index (χ2v) is 4.75. The summed E-state index contributed by atoms with van der Waals surface area (Å²) >= 11 is 3.29. The summed E-state index contributed by atoms with van der Waals surface area (Å²) in [7, 11) is 0. The SMILES string of the molecule is N#Cc1cc(Br)ccc1NC(=O)N1CCOCC1. The molecule has 1 aliphatic heterocycles. The predicted octanol–water partition coefficient (Wildman–Crippen LogP) is 2.18. The molecule has 18 heavy (non-hydrogen) atoms. The van der Waals surface area contributed by atoms with Crippen LogP contribution in [0.2, 0.25) is 0 Å². The number of benzene rings is 1. The molecule has 0 aromatic heterocycles. The number of ether oxygens (including phenoxy) is 1. The number of nitrogens with zero attached hydrogens (tertiary/aromatic N) is 2. The van der Waals surface area contributed by atoms with E-state index in [-0.39, 0.29) is 6.03 Å². The van der Waals surface area contributed by atoms with Gasteiger partial charge in [0.25, 0.3) is 0 Å². The molecule has 6 heteroatoms. The van der Waals surface area contributed by atoms with E-state index >= 15 is 0 Å². The Morgan fingerprint density at radius 3 is 2.83 bits per heavy atom. The average Bonchev–Trinajstić information content (AvgIpc) is 2.41. The first kappa shape index (κ1) is 12.9. The molecule has 1 fully saturated rings. The van der Waals surface area contributed by atoms with Crippen LogP contribution in [0.25, 0.3) is 0 Å². The Morgan fingerprint density at radius 2 is 2.17 bits per heavy atom. The summed E-state index contributed by atoms with van der Waals surface area (Å²) < 4.78 is 5.99. The lowest BCUT2D eigenvalue weighted by Crippen LogP contribution is -2.43. The third-order valence-electron chi connectivity index (χ3n) is 2.64. The number of carbonyl (C=O) groups excluding carboxylic acids is 1. The molecule has 0 radical (unpaired) electrons. The number of morpholine rings is 1. The number of hydrogen-bond donors (Lipinski definition) is 1. The minimum absolute atomic E-state index is 0.197. The van der Waals surface area contributed by atoms with Crippen LogP contribution in [0, 0.1) is 11.3 Å². The quantitative estimate of drug-likeness (QED) is 0.864. The standard InChI is InChI=1S/C12H12BrN3O2/c13-10-1-2-11(9(7-10)8-14)15-12(17)16-3-5-18-6-4-16/h1-2,7H,3-6H2,(H,15,17). The maximum Gasteiger partial charge on any atom is 0.322 e. The second kappa shape index (κ2) is 5.85. The van der Waals surface area contributed by atoms with E-state index < -0.39 is 0 Å². The van der Waals surface area contributed by atoms with Crippen LogP contribution in [0.5, 0.6) is 0 Å². The molecule has 0 unspecified atom stereocenters. The lowest BCUT2D eigenvalue weighted by molar-refractivity contribution is 0.0564. The molecule has 94 valence electrons.